The van der Waals surface area contributed by atoms with E-state index >= 15 is 0 Å². The third-order valence-corrected chi connectivity index (χ3v) is 8.50. The maximum Gasteiger partial charge on any atom is 0.335 e. The number of nitrogens with one attached hydrogen (secondary N) is 2. The molecule has 42 heavy (non-hydrogen) atoms. The number of amides is 1. The molecule has 0 bridgehead atoms. The van der Waals surface area contributed by atoms with Crippen molar-refractivity contribution in [3.05, 3.63) is 107 Å². The van der Waals surface area contributed by atoms with Gasteiger partial charge in [-0.3, -0.25) is 9.36 Å². The molecule has 0 saturated carbocycles. The van der Waals surface area contributed by atoms with Crippen molar-refractivity contribution in [2.45, 2.75) is 32.5 Å². The van der Waals surface area contributed by atoms with Crippen LogP contribution in [0.3, 0.4) is 0 Å². The summed E-state index contributed by atoms with van der Waals surface area (Å²) in [5.41, 5.74) is 4.21. The van der Waals surface area contributed by atoms with Gasteiger partial charge in [0.2, 0.25) is 5.91 Å². The van der Waals surface area contributed by atoms with E-state index < -0.39 is 7.60 Å². The highest BCUT2D eigenvalue weighted by atomic mass is 35.5. The fraction of sp³-hybridized carbons (Fsp3) is 0.267. The minimum atomic E-state index is -3.18. The van der Waals surface area contributed by atoms with Crippen LogP contribution in [0, 0.1) is 0 Å². The van der Waals surface area contributed by atoms with Gasteiger partial charge in [0.05, 0.1) is 31.1 Å². The second-order valence-electron chi connectivity index (χ2n) is 9.37. The highest BCUT2D eigenvalue weighted by molar-refractivity contribution is 7.53. The Bertz CT molecular complexity index is 1490. The monoisotopic (exact) mass is 608 g/mol. The first-order valence-corrected chi connectivity index (χ1v) is 15.7. The maximum absolute atomic E-state index is 13.0. The normalized spacial score (nSPS) is 12.4. The number of carbonyl (C=O) groups excluding carboxylic acids is 1. The van der Waals surface area contributed by atoms with E-state index in [0.29, 0.717) is 42.5 Å². The van der Waals surface area contributed by atoms with E-state index in [1.165, 1.54) is 17.1 Å². The molecule has 4 aromatic rings. The summed E-state index contributed by atoms with van der Waals surface area (Å²) in [7, 11) is -3.18. The van der Waals surface area contributed by atoms with Crippen LogP contribution in [0.2, 0.25) is 5.02 Å². The van der Waals surface area contributed by atoms with Crippen LogP contribution in [-0.4, -0.2) is 51.9 Å². The molecule has 0 aliphatic heterocycles. The molecule has 220 valence electrons. The molecule has 0 spiro atoms. The molecule has 12 heteroatoms. The van der Waals surface area contributed by atoms with Crippen molar-refractivity contribution in [3.8, 4) is 5.69 Å². The first-order chi connectivity index (χ1) is 20.4. The largest absolute Gasteiger partial charge is 0.383 e. The highest BCUT2D eigenvalue weighted by Gasteiger charge is 2.24. The summed E-state index contributed by atoms with van der Waals surface area (Å²) in [4.78, 5) is 13.0. The van der Waals surface area contributed by atoms with Crippen LogP contribution < -0.4 is 10.6 Å². The Morgan fingerprint density at radius 1 is 1.02 bits per heavy atom. The molecule has 1 amide bonds. The molecule has 0 aliphatic carbocycles. The Hall–Kier alpha value is -3.82. The minimum absolute atomic E-state index is 0.204. The summed E-state index contributed by atoms with van der Waals surface area (Å²) < 4.78 is 25.2. The molecule has 1 unspecified atom stereocenters. The van der Waals surface area contributed by atoms with Gasteiger partial charge in [-0.25, -0.2) is 0 Å². The van der Waals surface area contributed by atoms with E-state index in [0.717, 1.165) is 16.8 Å². The first-order valence-electron chi connectivity index (χ1n) is 13.6. The molecule has 2 N–H and O–H groups in total. The van der Waals surface area contributed by atoms with Crippen LogP contribution in [0.15, 0.2) is 85.2 Å². The van der Waals surface area contributed by atoms with Crippen LogP contribution in [-0.2, 0) is 31.0 Å². The molecule has 0 radical (unpaired) electrons. The number of halogens is 1. The molecular weight excluding hydrogens is 575 g/mol. The lowest BCUT2D eigenvalue weighted by Crippen LogP contribution is -2.40. The van der Waals surface area contributed by atoms with Crippen LogP contribution >= 0.6 is 19.2 Å². The lowest BCUT2D eigenvalue weighted by Gasteiger charge is -2.20. The number of hydrogen-bond acceptors (Lipinski definition) is 8. The Morgan fingerprint density at radius 3 is 2.43 bits per heavy atom. The summed E-state index contributed by atoms with van der Waals surface area (Å²) in [6.07, 6.45) is 5.47. The van der Waals surface area contributed by atoms with Gasteiger partial charge in [-0.2, -0.15) is 4.68 Å². The van der Waals surface area contributed by atoms with E-state index in [2.05, 4.69) is 26.2 Å². The molecular formula is C30H34ClN6O4P. The predicted molar refractivity (Wildman–Crippen MR) is 165 cm³/mol. The number of rotatable bonds is 15. The smallest absolute Gasteiger partial charge is 0.335 e. The lowest BCUT2D eigenvalue weighted by molar-refractivity contribution is -0.117. The summed E-state index contributed by atoms with van der Waals surface area (Å²) in [6, 6.07) is 22.7. The average molecular weight is 609 g/mol. The van der Waals surface area contributed by atoms with Crippen molar-refractivity contribution in [2.75, 3.05) is 25.1 Å². The molecule has 1 heterocycles. The molecule has 4 rings (SSSR count). The van der Waals surface area contributed by atoms with Gasteiger partial charge in [0.25, 0.3) is 0 Å². The van der Waals surface area contributed by atoms with Crippen molar-refractivity contribution in [1.29, 1.82) is 0 Å². The highest BCUT2D eigenvalue weighted by Crippen LogP contribution is 2.51. The van der Waals surface area contributed by atoms with E-state index in [1.807, 2.05) is 54.6 Å². The number of aromatic nitrogens is 4. The van der Waals surface area contributed by atoms with Gasteiger partial charge in [-0.05, 0) is 78.2 Å². The third-order valence-electron chi connectivity index (χ3n) is 6.21. The van der Waals surface area contributed by atoms with Crippen LogP contribution in [0.5, 0.6) is 0 Å². The first kappa shape index (κ1) is 31.1. The molecule has 10 nitrogen and oxygen atoms in total. The summed E-state index contributed by atoms with van der Waals surface area (Å²) in [6.45, 7) is 4.71. The Balaban J connectivity index is 1.43. The molecule has 0 aliphatic rings. The predicted octanol–water partition coefficient (Wildman–Crippen LogP) is 5.93. The topological polar surface area (TPSA) is 120 Å². The summed E-state index contributed by atoms with van der Waals surface area (Å²) >= 11 is 6.21. The molecule has 1 aromatic heterocycles. The van der Waals surface area contributed by atoms with E-state index in [9.17, 15) is 9.36 Å². The summed E-state index contributed by atoms with van der Waals surface area (Å²) in [5, 5.41) is 18.3. The van der Waals surface area contributed by atoms with Gasteiger partial charge in [-0.1, -0.05) is 54.1 Å². The number of carbonyl (C=O) groups is 1. The van der Waals surface area contributed by atoms with Crippen molar-refractivity contribution in [2.24, 2.45) is 0 Å². The molecule has 1 atom stereocenters. The van der Waals surface area contributed by atoms with E-state index in [-0.39, 0.29) is 18.1 Å². The zero-order valence-electron chi connectivity index (χ0n) is 23.5. The van der Waals surface area contributed by atoms with Crippen LogP contribution in [0.1, 0.15) is 30.5 Å². The number of tetrazole rings is 1. The van der Waals surface area contributed by atoms with Crippen molar-refractivity contribution < 1.29 is 18.4 Å². The van der Waals surface area contributed by atoms with Gasteiger partial charge in [0.1, 0.15) is 6.33 Å². The number of hydrogen-bond donors (Lipinski definition) is 2. The van der Waals surface area contributed by atoms with Gasteiger partial charge in [0, 0.05) is 28.9 Å². The van der Waals surface area contributed by atoms with Crippen LogP contribution in [0.25, 0.3) is 11.8 Å². The minimum Gasteiger partial charge on any atom is -0.383 e. The van der Waals surface area contributed by atoms with Crippen molar-refractivity contribution in [1.82, 2.24) is 25.5 Å². The SMILES string of the molecule is CCOP(=O)(Cc1ccc(NCC(Cc2ccccc2)NC(=O)C=Cc2cc(Cl)ccc2-n2cnnn2)cc1)OCC. The maximum atomic E-state index is 13.0. The van der Waals surface area contributed by atoms with Crippen molar-refractivity contribution >= 4 is 36.9 Å². The number of benzene rings is 3. The fourth-order valence-electron chi connectivity index (χ4n) is 4.34. The Kier molecular flexibility index (Phi) is 11.4. The molecule has 3 aromatic carbocycles. The van der Waals surface area contributed by atoms with Crippen LogP contribution in [0.4, 0.5) is 5.69 Å². The third kappa shape index (κ3) is 9.36. The quantitative estimate of drug-likeness (QED) is 0.126. The van der Waals surface area contributed by atoms with Gasteiger partial charge in [-0.15, -0.1) is 5.10 Å². The number of anilines is 1. The second kappa shape index (κ2) is 15.4. The fourth-order valence-corrected chi connectivity index (χ4v) is 6.22. The van der Waals surface area contributed by atoms with E-state index in [1.54, 1.807) is 38.1 Å². The van der Waals surface area contributed by atoms with Gasteiger partial charge < -0.3 is 19.7 Å². The Labute approximate surface area is 250 Å². The second-order valence-corrected chi connectivity index (χ2v) is 11.9. The zero-order valence-corrected chi connectivity index (χ0v) is 25.2. The summed E-state index contributed by atoms with van der Waals surface area (Å²) in [5.74, 6) is -0.252. The van der Waals surface area contributed by atoms with Gasteiger partial charge >= 0.3 is 7.60 Å². The molecule has 0 fully saturated rings. The standard InChI is InChI=1S/C30H34ClN6O4P/c1-3-40-42(39,41-4-2)21-24-10-14-27(15-11-24)32-20-28(18-23-8-6-5-7-9-23)34-30(38)17-12-25-19-26(31)13-16-29(25)37-22-33-35-36-37/h5-17,19,22,28,32H,3-4,18,20-21H2,1-2H3,(H,34,38). The lowest BCUT2D eigenvalue weighted by atomic mass is 10.1. The molecule has 0 saturated heterocycles. The zero-order chi connectivity index (χ0) is 29.8. The van der Waals surface area contributed by atoms with Crippen molar-refractivity contribution in [3.63, 3.8) is 0 Å². The van der Waals surface area contributed by atoms with Gasteiger partial charge in [0.15, 0.2) is 0 Å². The Morgan fingerprint density at radius 2 is 1.76 bits per heavy atom. The average Bonchev–Trinajstić information content (AvgIpc) is 3.51. The number of nitrogens with zero attached hydrogens (tertiary/aromatic N) is 4. The van der Waals surface area contributed by atoms with E-state index in [4.69, 9.17) is 20.6 Å².